The van der Waals surface area contributed by atoms with Crippen LogP contribution in [0.3, 0.4) is 0 Å². The molecule has 4 heteroatoms. The summed E-state index contributed by atoms with van der Waals surface area (Å²) in [5, 5.41) is 0. The zero-order valence-corrected chi connectivity index (χ0v) is 16.2. The number of nitrogens with zero attached hydrogens (tertiary/aromatic N) is 2. The van der Waals surface area contributed by atoms with Crippen molar-refractivity contribution in [3.8, 4) is 0 Å². The number of para-hydroxylation sites is 2. The Morgan fingerprint density at radius 1 is 0.893 bits per heavy atom. The third-order valence-corrected chi connectivity index (χ3v) is 5.17. The van der Waals surface area contributed by atoms with Crippen LogP contribution >= 0.6 is 0 Å². The number of ketones is 2. The van der Waals surface area contributed by atoms with E-state index in [1.165, 1.54) is 13.8 Å². The third-order valence-electron chi connectivity index (χ3n) is 5.17. The lowest BCUT2D eigenvalue weighted by atomic mass is 9.66. The maximum Gasteiger partial charge on any atom is 0.143 e. The molecule has 0 amide bonds. The summed E-state index contributed by atoms with van der Waals surface area (Å²) in [6.07, 6.45) is 6.47. The monoisotopic (exact) mass is 372 g/mol. The van der Waals surface area contributed by atoms with Gasteiger partial charge in [0.05, 0.1) is 16.8 Å². The Hall–Kier alpha value is -3.14. The highest BCUT2D eigenvalue weighted by Crippen LogP contribution is 2.40. The topological polar surface area (TPSA) is 58.9 Å². The van der Waals surface area contributed by atoms with Gasteiger partial charge in [-0.1, -0.05) is 42.5 Å². The van der Waals surface area contributed by atoms with Crippen molar-refractivity contribution in [2.75, 3.05) is 0 Å². The van der Waals surface area contributed by atoms with Crippen molar-refractivity contribution in [2.24, 2.45) is 21.3 Å². The fraction of sp³-hybridized carbons (Fsp3) is 0.250. The van der Waals surface area contributed by atoms with Crippen LogP contribution in [0.15, 0.2) is 82.3 Å². The van der Waals surface area contributed by atoms with Gasteiger partial charge in [-0.05, 0) is 56.5 Å². The lowest BCUT2D eigenvalue weighted by Crippen LogP contribution is -2.41. The molecule has 0 aliphatic heterocycles. The van der Waals surface area contributed by atoms with Crippen molar-refractivity contribution < 1.29 is 9.59 Å². The summed E-state index contributed by atoms with van der Waals surface area (Å²) < 4.78 is 0. The second kappa shape index (κ2) is 8.70. The van der Waals surface area contributed by atoms with Crippen LogP contribution in [0.1, 0.15) is 26.7 Å². The SMILES string of the molecule is CC(=O)C1(C(C)=O)CC(C=Nc2ccccc2)=CC(C=Nc2ccccc2)C1. The molecule has 28 heavy (non-hydrogen) atoms. The summed E-state index contributed by atoms with van der Waals surface area (Å²) in [5.74, 6) is -0.312. The van der Waals surface area contributed by atoms with E-state index in [4.69, 9.17) is 0 Å². The van der Waals surface area contributed by atoms with Crippen LogP contribution in [0.2, 0.25) is 0 Å². The number of hydrogen-bond donors (Lipinski definition) is 0. The van der Waals surface area contributed by atoms with E-state index in [1.807, 2.05) is 66.9 Å². The summed E-state index contributed by atoms with van der Waals surface area (Å²) in [6.45, 7) is 3.01. The first-order valence-corrected chi connectivity index (χ1v) is 9.41. The molecule has 0 saturated carbocycles. The van der Waals surface area contributed by atoms with Crippen LogP contribution in [0, 0.1) is 11.3 Å². The molecule has 0 fully saturated rings. The number of Topliss-reactive ketones (excluding diaryl/α,β-unsaturated/α-hetero) is 2. The molecule has 0 saturated heterocycles. The van der Waals surface area contributed by atoms with Gasteiger partial charge in [-0.25, -0.2) is 0 Å². The molecule has 0 bridgehead atoms. The first kappa shape index (κ1) is 19.6. The van der Waals surface area contributed by atoms with Gasteiger partial charge in [0.2, 0.25) is 0 Å². The molecule has 1 aliphatic rings. The fourth-order valence-electron chi connectivity index (χ4n) is 3.55. The molecular formula is C24H24N2O2. The second-order valence-electron chi connectivity index (χ2n) is 7.19. The normalized spacial score (nSPS) is 18.9. The molecule has 2 aromatic carbocycles. The van der Waals surface area contributed by atoms with E-state index in [9.17, 15) is 9.59 Å². The van der Waals surface area contributed by atoms with Crippen molar-refractivity contribution >= 4 is 35.4 Å². The van der Waals surface area contributed by atoms with Crippen molar-refractivity contribution in [1.82, 2.24) is 0 Å². The van der Waals surface area contributed by atoms with Crippen LogP contribution in [0.5, 0.6) is 0 Å². The molecule has 0 heterocycles. The number of rotatable bonds is 6. The van der Waals surface area contributed by atoms with Gasteiger partial charge in [0.1, 0.15) is 11.6 Å². The van der Waals surface area contributed by atoms with Crippen LogP contribution in [0.25, 0.3) is 0 Å². The highest BCUT2D eigenvalue weighted by Gasteiger charge is 2.44. The summed E-state index contributed by atoms with van der Waals surface area (Å²) in [5.41, 5.74) is 1.54. The highest BCUT2D eigenvalue weighted by molar-refractivity contribution is 6.07. The summed E-state index contributed by atoms with van der Waals surface area (Å²) in [4.78, 5) is 34.0. The van der Waals surface area contributed by atoms with Crippen molar-refractivity contribution in [3.05, 3.63) is 72.3 Å². The molecule has 0 aromatic heterocycles. The van der Waals surface area contributed by atoms with Crippen LogP contribution in [0.4, 0.5) is 11.4 Å². The number of carbonyl (C=O) groups is 2. The van der Waals surface area contributed by atoms with Crippen LogP contribution < -0.4 is 0 Å². The molecule has 0 N–H and O–H groups in total. The minimum atomic E-state index is -1.01. The predicted molar refractivity (Wildman–Crippen MR) is 114 cm³/mol. The molecule has 1 unspecified atom stereocenters. The van der Waals surface area contributed by atoms with Gasteiger partial charge in [-0.15, -0.1) is 0 Å². The van der Waals surface area contributed by atoms with E-state index in [0.717, 1.165) is 16.9 Å². The van der Waals surface area contributed by atoms with E-state index >= 15 is 0 Å². The third kappa shape index (κ3) is 4.58. The number of benzene rings is 2. The van der Waals surface area contributed by atoms with Gasteiger partial charge in [0.25, 0.3) is 0 Å². The molecule has 0 radical (unpaired) electrons. The molecule has 1 aliphatic carbocycles. The smallest absolute Gasteiger partial charge is 0.143 e. The summed E-state index contributed by atoms with van der Waals surface area (Å²) in [6, 6.07) is 19.2. The molecule has 2 aromatic rings. The molecule has 0 spiro atoms. The number of aliphatic imine (C=N–C) groups is 2. The van der Waals surface area contributed by atoms with Crippen molar-refractivity contribution in [1.29, 1.82) is 0 Å². The fourth-order valence-corrected chi connectivity index (χ4v) is 3.55. The maximum absolute atomic E-state index is 12.5. The van der Waals surface area contributed by atoms with Crippen molar-refractivity contribution in [3.63, 3.8) is 0 Å². The van der Waals surface area contributed by atoms with E-state index in [0.29, 0.717) is 12.8 Å². The van der Waals surface area contributed by atoms with Crippen molar-refractivity contribution in [2.45, 2.75) is 26.7 Å². The van der Waals surface area contributed by atoms with Gasteiger partial charge >= 0.3 is 0 Å². The molecule has 142 valence electrons. The Morgan fingerprint density at radius 3 is 1.96 bits per heavy atom. The van der Waals surface area contributed by atoms with Gasteiger partial charge in [0, 0.05) is 18.3 Å². The maximum atomic E-state index is 12.5. The van der Waals surface area contributed by atoms with Gasteiger partial charge in [0.15, 0.2) is 0 Å². The lowest BCUT2D eigenvalue weighted by molar-refractivity contribution is -0.139. The van der Waals surface area contributed by atoms with Crippen LogP contribution in [-0.2, 0) is 9.59 Å². The Bertz CT molecular complexity index is 914. The van der Waals surface area contributed by atoms with E-state index < -0.39 is 5.41 Å². The quantitative estimate of drug-likeness (QED) is 0.511. The van der Waals surface area contributed by atoms with Gasteiger partial charge in [-0.3, -0.25) is 19.6 Å². The van der Waals surface area contributed by atoms with Gasteiger partial charge in [-0.2, -0.15) is 0 Å². The van der Waals surface area contributed by atoms with E-state index in [-0.39, 0.29) is 17.5 Å². The van der Waals surface area contributed by atoms with Gasteiger partial charge < -0.3 is 0 Å². The van der Waals surface area contributed by atoms with Crippen LogP contribution in [-0.4, -0.2) is 24.0 Å². The zero-order chi connectivity index (χ0) is 20.0. The lowest BCUT2D eigenvalue weighted by Gasteiger charge is -2.34. The zero-order valence-electron chi connectivity index (χ0n) is 16.2. The minimum absolute atomic E-state index is 0.100. The standard InChI is InChI=1S/C24H24N2O2/c1-18(27)24(19(2)28)14-20(16-25-22-9-5-3-6-10-22)13-21(15-24)17-26-23-11-7-4-8-12-23/h3-13,16-17,20H,14-15H2,1-2H3. The molecule has 4 nitrogen and oxygen atoms in total. The second-order valence-corrected chi connectivity index (χ2v) is 7.19. The highest BCUT2D eigenvalue weighted by atomic mass is 16.2. The Morgan fingerprint density at radius 2 is 1.43 bits per heavy atom. The number of hydrogen-bond acceptors (Lipinski definition) is 4. The summed E-state index contributed by atoms with van der Waals surface area (Å²) in [7, 11) is 0. The molecular weight excluding hydrogens is 348 g/mol. The Balaban J connectivity index is 1.92. The minimum Gasteiger partial charge on any atom is -0.299 e. The van der Waals surface area contributed by atoms with E-state index in [1.54, 1.807) is 6.21 Å². The first-order valence-electron chi connectivity index (χ1n) is 9.41. The predicted octanol–water partition coefficient (Wildman–Crippen LogP) is 5.29. The average Bonchev–Trinajstić information content (AvgIpc) is 2.72. The Labute approximate surface area is 165 Å². The van der Waals surface area contributed by atoms with E-state index in [2.05, 4.69) is 16.1 Å². The summed E-state index contributed by atoms with van der Waals surface area (Å²) >= 11 is 0. The average molecular weight is 372 g/mol. The first-order chi connectivity index (χ1) is 13.5. The number of carbonyl (C=O) groups excluding carboxylic acids is 2. The number of allylic oxidation sites excluding steroid dienone is 2. The largest absolute Gasteiger partial charge is 0.299 e. The molecule has 3 rings (SSSR count). The molecule has 1 atom stereocenters. The Kier molecular flexibility index (Phi) is 6.09.